The van der Waals surface area contributed by atoms with E-state index in [1.54, 1.807) is 0 Å². The van der Waals surface area contributed by atoms with Gasteiger partial charge in [-0.15, -0.1) is 40.9 Å². The minimum absolute atomic E-state index is 0. The molecule has 5 heteroatoms. The third kappa shape index (κ3) is 6.09. The minimum atomic E-state index is -0.0456. The monoisotopic (exact) mass is 861 g/mol. The van der Waals surface area contributed by atoms with Crippen molar-refractivity contribution in [1.29, 1.82) is 0 Å². The van der Waals surface area contributed by atoms with E-state index in [-0.39, 0.29) is 37.3 Å². The molecule has 3 heterocycles. The van der Waals surface area contributed by atoms with Crippen LogP contribution in [-0.4, -0.2) is 14.5 Å². The van der Waals surface area contributed by atoms with Crippen molar-refractivity contribution >= 4 is 43.7 Å². The maximum Gasteiger partial charge on any atom is 2.00 e. The van der Waals surface area contributed by atoms with Crippen molar-refractivity contribution in [1.82, 2.24) is 19.5 Å². The molecule has 52 heavy (non-hydrogen) atoms. The summed E-state index contributed by atoms with van der Waals surface area (Å²) in [6, 6.07) is 36.8. The topological polar surface area (TPSA) is 44.8 Å². The molecule has 0 spiro atoms. The van der Waals surface area contributed by atoms with Crippen molar-refractivity contribution in [3.63, 3.8) is 0 Å². The largest absolute Gasteiger partial charge is 2.00 e. The molecule has 4 nitrogen and oxygen atoms in total. The zero-order chi connectivity index (χ0) is 36.0. The molecule has 3 aromatic heterocycles. The summed E-state index contributed by atoms with van der Waals surface area (Å²) in [5, 5.41) is 3.55. The van der Waals surface area contributed by atoms with Crippen LogP contribution in [0.25, 0.3) is 77.4 Å². The van der Waals surface area contributed by atoms with Crippen LogP contribution in [-0.2, 0) is 44.4 Å². The van der Waals surface area contributed by atoms with Gasteiger partial charge in [0.05, 0.1) is 16.9 Å². The molecule has 0 N–H and O–H groups in total. The SMILES string of the molecule is Cn1c(-c2[c-]c(-c3cc(C(C)(C)C)cc4cccnc34)ccc2)nc2c(-c3cc(C(C)(C)C)cc4c3[n-]c3ccc(C(C)(C)C)cc34)cccc21.[Pt+2]. The Kier molecular flexibility index (Phi) is 8.66. The Morgan fingerprint density at radius 3 is 1.98 bits per heavy atom. The van der Waals surface area contributed by atoms with Crippen LogP contribution in [0.15, 0.2) is 97.2 Å². The molecular formula is C47H46N4Pt. The Hall–Kier alpha value is -4.53. The van der Waals surface area contributed by atoms with Crippen molar-refractivity contribution in [2.75, 3.05) is 0 Å². The predicted octanol–water partition coefficient (Wildman–Crippen LogP) is 12.1. The maximum atomic E-state index is 5.40. The van der Waals surface area contributed by atoms with Crippen LogP contribution in [0, 0.1) is 6.07 Å². The molecule has 0 unspecified atom stereocenters. The third-order valence-corrected chi connectivity index (χ3v) is 10.5. The van der Waals surface area contributed by atoms with E-state index in [4.69, 9.17) is 15.0 Å². The van der Waals surface area contributed by atoms with Gasteiger partial charge in [-0.25, -0.2) is 0 Å². The zero-order valence-electron chi connectivity index (χ0n) is 31.8. The molecule has 0 radical (unpaired) electrons. The van der Waals surface area contributed by atoms with Gasteiger partial charge >= 0.3 is 21.1 Å². The molecule has 0 aliphatic carbocycles. The molecule has 0 aliphatic rings. The molecule has 5 aromatic carbocycles. The fraction of sp³-hybridized carbons (Fsp3) is 0.277. The second kappa shape index (κ2) is 12.6. The van der Waals surface area contributed by atoms with Crippen LogP contribution in [0.3, 0.4) is 0 Å². The molecule has 264 valence electrons. The molecule has 0 saturated carbocycles. The van der Waals surface area contributed by atoms with Crippen molar-refractivity contribution in [2.24, 2.45) is 7.05 Å². The molecule has 0 bridgehead atoms. The molecule has 0 aliphatic heterocycles. The van der Waals surface area contributed by atoms with Gasteiger partial charge < -0.3 is 9.55 Å². The number of aromatic nitrogens is 4. The quantitative estimate of drug-likeness (QED) is 0.166. The van der Waals surface area contributed by atoms with Gasteiger partial charge in [0.25, 0.3) is 0 Å². The smallest absolute Gasteiger partial charge is 0.656 e. The molecule has 8 rings (SSSR count). The van der Waals surface area contributed by atoms with Gasteiger partial charge in [0.15, 0.2) is 0 Å². The van der Waals surface area contributed by atoms with Crippen LogP contribution in [0.2, 0.25) is 0 Å². The van der Waals surface area contributed by atoms with Gasteiger partial charge in [-0.1, -0.05) is 134 Å². The van der Waals surface area contributed by atoms with E-state index < -0.39 is 0 Å². The molecule has 0 atom stereocenters. The van der Waals surface area contributed by atoms with Gasteiger partial charge in [0, 0.05) is 24.3 Å². The minimum Gasteiger partial charge on any atom is -0.656 e. The van der Waals surface area contributed by atoms with Gasteiger partial charge in [-0.2, -0.15) is 0 Å². The molecule has 8 aromatic rings. The number of imidazole rings is 1. The number of fused-ring (bicyclic) bond motifs is 5. The standard InChI is InChI=1S/C47H46N4.Pt/c1-45(2,3)31-19-20-39-36(24-31)38-27-33(47(7,8)9)26-37(42(38)49-39)34-17-12-18-40-43(34)50-44(51(40)10)30-15-11-14-28(22-30)35-25-32(46(4,5)6)23-29-16-13-21-48-41(29)35;/h11-21,23-27H,1-10H3;/q-2;+2. The number of nitrogens with zero attached hydrogens (tertiary/aromatic N) is 4. The van der Waals surface area contributed by atoms with E-state index >= 15 is 0 Å². The van der Waals surface area contributed by atoms with Crippen molar-refractivity contribution in [3.8, 4) is 33.6 Å². The van der Waals surface area contributed by atoms with Crippen LogP contribution < -0.4 is 4.98 Å². The van der Waals surface area contributed by atoms with Gasteiger partial charge in [-0.3, -0.25) is 9.97 Å². The van der Waals surface area contributed by atoms with E-state index in [0.717, 1.165) is 66.6 Å². The fourth-order valence-electron chi connectivity index (χ4n) is 7.29. The molecule has 0 saturated heterocycles. The summed E-state index contributed by atoms with van der Waals surface area (Å²) < 4.78 is 2.20. The van der Waals surface area contributed by atoms with E-state index in [0.29, 0.717) is 0 Å². The summed E-state index contributed by atoms with van der Waals surface area (Å²) >= 11 is 0. The van der Waals surface area contributed by atoms with E-state index in [2.05, 4.69) is 165 Å². The normalized spacial score (nSPS) is 12.7. The Bertz CT molecular complexity index is 2650. The number of hydrogen-bond donors (Lipinski definition) is 0. The third-order valence-electron chi connectivity index (χ3n) is 10.5. The van der Waals surface area contributed by atoms with E-state index in [9.17, 15) is 0 Å². The second-order valence-corrected chi connectivity index (χ2v) is 17.3. The van der Waals surface area contributed by atoms with Gasteiger partial charge in [-0.05, 0) is 66.8 Å². The average molecular weight is 862 g/mol. The average Bonchev–Trinajstić information content (AvgIpc) is 3.63. The summed E-state index contributed by atoms with van der Waals surface area (Å²) in [5.41, 5.74) is 14.2. The zero-order valence-corrected chi connectivity index (χ0v) is 34.1. The first kappa shape index (κ1) is 35.9. The second-order valence-electron chi connectivity index (χ2n) is 17.3. The summed E-state index contributed by atoms with van der Waals surface area (Å²) in [7, 11) is 2.11. The first-order valence-electron chi connectivity index (χ1n) is 18.0. The fourth-order valence-corrected chi connectivity index (χ4v) is 7.29. The molecule has 0 amide bonds. The van der Waals surface area contributed by atoms with Crippen LogP contribution in [0.5, 0.6) is 0 Å². The van der Waals surface area contributed by atoms with Crippen LogP contribution in [0.1, 0.15) is 79.0 Å². The van der Waals surface area contributed by atoms with Gasteiger partial charge in [0.1, 0.15) is 0 Å². The first-order valence-corrected chi connectivity index (χ1v) is 18.0. The number of hydrogen-bond acceptors (Lipinski definition) is 2. The predicted molar refractivity (Wildman–Crippen MR) is 216 cm³/mol. The van der Waals surface area contributed by atoms with Crippen molar-refractivity contribution in [2.45, 2.75) is 78.6 Å². The summed E-state index contributed by atoms with van der Waals surface area (Å²) in [5.74, 6) is 0.877. The molecular weight excluding hydrogens is 816 g/mol. The van der Waals surface area contributed by atoms with Crippen LogP contribution in [0.4, 0.5) is 0 Å². The number of para-hydroxylation sites is 1. The van der Waals surface area contributed by atoms with Crippen molar-refractivity contribution < 1.29 is 21.1 Å². The molecule has 0 fully saturated rings. The van der Waals surface area contributed by atoms with Crippen LogP contribution >= 0.6 is 0 Å². The van der Waals surface area contributed by atoms with E-state index in [1.807, 2.05) is 12.3 Å². The first-order chi connectivity index (χ1) is 24.1. The Morgan fingerprint density at radius 2 is 1.25 bits per heavy atom. The maximum absolute atomic E-state index is 5.40. The van der Waals surface area contributed by atoms with Crippen molar-refractivity contribution in [3.05, 3.63) is 120 Å². The summed E-state index contributed by atoms with van der Waals surface area (Å²) in [6.07, 6.45) is 1.87. The number of benzene rings is 5. The number of rotatable bonds is 3. The summed E-state index contributed by atoms with van der Waals surface area (Å²) in [4.78, 5) is 15.5. The Labute approximate surface area is 322 Å². The Morgan fingerprint density at radius 1 is 0.596 bits per heavy atom. The van der Waals surface area contributed by atoms with Gasteiger partial charge in [0.2, 0.25) is 0 Å². The number of aryl methyl sites for hydroxylation is 1. The van der Waals surface area contributed by atoms with E-state index in [1.165, 1.54) is 27.5 Å². The Balaban J connectivity index is 0.00000420. The number of pyridine rings is 1. The summed E-state index contributed by atoms with van der Waals surface area (Å²) in [6.45, 7) is 20.4.